The number of rotatable bonds is 6. The number of hydrogen-bond donors (Lipinski definition) is 1. The number of β-amino-alcohol motifs (C(OH)–C–C–N with tert-alkyl or cyclic N) is 1. The van der Waals surface area contributed by atoms with Gasteiger partial charge in [-0.3, -0.25) is 4.90 Å². The largest absolute Gasteiger partial charge is 0.395 e. The van der Waals surface area contributed by atoms with Crippen molar-refractivity contribution in [1.29, 1.82) is 0 Å². The second kappa shape index (κ2) is 7.35. The number of aliphatic hydroxyl groups is 1. The van der Waals surface area contributed by atoms with Gasteiger partial charge in [-0.2, -0.15) is 4.31 Å². The van der Waals surface area contributed by atoms with Gasteiger partial charge in [-0.05, 0) is 24.1 Å². The van der Waals surface area contributed by atoms with Crippen LogP contribution in [0.1, 0.15) is 18.9 Å². The third-order valence-corrected chi connectivity index (χ3v) is 5.76. The first-order valence-corrected chi connectivity index (χ1v) is 8.94. The maximum absolute atomic E-state index is 12.6. The van der Waals surface area contributed by atoms with Gasteiger partial charge >= 0.3 is 0 Å². The Labute approximate surface area is 127 Å². The molecule has 1 aromatic carbocycles. The molecular formula is C15H24N2O3S. The minimum atomic E-state index is -3.39. The van der Waals surface area contributed by atoms with Crippen molar-refractivity contribution in [2.75, 3.05) is 39.3 Å². The minimum Gasteiger partial charge on any atom is -0.395 e. The first-order valence-electron chi connectivity index (χ1n) is 7.50. The molecule has 0 saturated carbocycles. The van der Waals surface area contributed by atoms with Crippen LogP contribution in [0, 0.1) is 0 Å². The molecule has 21 heavy (non-hydrogen) atoms. The van der Waals surface area contributed by atoms with Gasteiger partial charge in [0.1, 0.15) is 0 Å². The minimum absolute atomic E-state index is 0.117. The van der Waals surface area contributed by atoms with Gasteiger partial charge in [0, 0.05) is 32.7 Å². The summed E-state index contributed by atoms with van der Waals surface area (Å²) >= 11 is 0. The molecule has 1 fully saturated rings. The monoisotopic (exact) mass is 312 g/mol. The number of sulfonamides is 1. The van der Waals surface area contributed by atoms with E-state index < -0.39 is 10.0 Å². The molecule has 1 heterocycles. The van der Waals surface area contributed by atoms with Crippen LogP contribution in [0.4, 0.5) is 0 Å². The Morgan fingerprint density at radius 1 is 1.10 bits per heavy atom. The Balaban J connectivity index is 2.04. The average molecular weight is 312 g/mol. The van der Waals surface area contributed by atoms with E-state index in [2.05, 4.69) is 11.8 Å². The summed E-state index contributed by atoms with van der Waals surface area (Å²) in [5.41, 5.74) is 1.17. The summed E-state index contributed by atoms with van der Waals surface area (Å²) in [5, 5.41) is 8.92. The van der Waals surface area contributed by atoms with Crippen LogP contribution in [-0.2, 0) is 16.4 Å². The lowest BCUT2D eigenvalue weighted by molar-refractivity contribution is 0.151. The first-order chi connectivity index (χ1) is 10.1. The lowest BCUT2D eigenvalue weighted by Crippen LogP contribution is -2.49. The number of nitrogens with zero attached hydrogens (tertiary/aromatic N) is 2. The van der Waals surface area contributed by atoms with E-state index in [1.165, 1.54) is 9.87 Å². The summed E-state index contributed by atoms with van der Waals surface area (Å²) < 4.78 is 26.7. The zero-order chi connectivity index (χ0) is 15.3. The molecule has 0 aliphatic carbocycles. The summed E-state index contributed by atoms with van der Waals surface area (Å²) in [6.07, 6.45) is 2.03. The van der Waals surface area contributed by atoms with Gasteiger partial charge < -0.3 is 5.11 Å². The third kappa shape index (κ3) is 4.03. The van der Waals surface area contributed by atoms with Crippen LogP contribution in [0.15, 0.2) is 29.2 Å². The summed E-state index contributed by atoms with van der Waals surface area (Å²) in [4.78, 5) is 2.45. The van der Waals surface area contributed by atoms with E-state index in [-0.39, 0.29) is 6.61 Å². The van der Waals surface area contributed by atoms with E-state index in [4.69, 9.17) is 5.11 Å². The molecule has 1 N–H and O–H groups in total. The number of hydrogen-bond acceptors (Lipinski definition) is 4. The standard InChI is InChI=1S/C15H24N2O3S/c1-2-3-14-4-6-15(7-5-14)21(19,20)17-10-8-16(9-11-17)12-13-18/h4-7,18H,2-3,8-13H2,1H3. The smallest absolute Gasteiger partial charge is 0.243 e. The predicted molar refractivity (Wildman–Crippen MR) is 82.7 cm³/mol. The lowest BCUT2D eigenvalue weighted by Gasteiger charge is -2.33. The second-order valence-corrected chi connectivity index (χ2v) is 7.30. The van der Waals surface area contributed by atoms with Gasteiger partial charge in [-0.15, -0.1) is 0 Å². The number of piperazine rings is 1. The van der Waals surface area contributed by atoms with E-state index in [0.717, 1.165) is 12.8 Å². The van der Waals surface area contributed by atoms with E-state index in [0.29, 0.717) is 37.6 Å². The van der Waals surface area contributed by atoms with Crippen LogP contribution in [-0.4, -0.2) is 62.1 Å². The van der Waals surface area contributed by atoms with Crippen molar-refractivity contribution < 1.29 is 13.5 Å². The van der Waals surface area contributed by atoms with Crippen molar-refractivity contribution in [3.8, 4) is 0 Å². The fourth-order valence-corrected chi connectivity index (χ4v) is 4.02. The molecular weight excluding hydrogens is 288 g/mol. The van der Waals surface area contributed by atoms with Gasteiger partial charge in [0.15, 0.2) is 0 Å². The molecule has 0 spiro atoms. The summed E-state index contributed by atoms with van der Waals surface area (Å²) in [5.74, 6) is 0. The van der Waals surface area contributed by atoms with Gasteiger partial charge in [-0.25, -0.2) is 8.42 Å². The molecule has 1 saturated heterocycles. The maximum atomic E-state index is 12.6. The van der Waals surface area contributed by atoms with Crippen molar-refractivity contribution in [3.05, 3.63) is 29.8 Å². The molecule has 5 nitrogen and oxygen atoms in total. The van der Waals surface area contributed by atoms with Gasteiger partial charge in [0.05, 0.1) is 11.5 Å². The molecule has 0 bridgehead atoms. The maximum Gasteiger partial charge on any atom is 0.243 e. The molecule has 0 unspecified atom stereocenters. The van der Waals surface area contributed by atoms with Crippen LogP contribution < -0.4 is 0 Å². The quantitative estimate of drug-likeness (QED) is 0.849. The number of aliphatic hydroxyl groups excluding tert-OH is 1. The molecule has 2 rings (SSSR count). The van der Waals surface area contributed by atoms with Crippen molar-refractivity contribution in [2.24, 2.45) is 0 Å². The van der Waals surface area contributed by atoms with Crippen molar-refractivity contribution in [3.63, 3.8) is 0 Å². The van der Waals surface area contributed by atoms with Crippen LogP contribution in [0.5, 0.6) is 0 Å². The highest BCUT2D eigenvalue weighted by Crippen LogP contribution is 2.18. The highest BCUT2D eigenvalue weighted by atomic mass is 32.2. The predicted octanol–water partition coefficient (Wildman–Crippen LogP) is 0.938. The van der Waals surface area contributed by atoms with Crippen molar-refractivity contribution >= 4 is 10.0 Å². The zero-order valence-corrected chi connectivity index (χ0v) is 13.3. The fraction of sp³-hybridized carbons (Fsp3) is 0.600. The molecule has 1 aliphatic heterocycles. The van der Waals surface area contributed by atoms with Gasteiger partial charge in [-0.1, -0.05) is 25.5 Å². The molecule has 6 heteroatoms. The molecule has 0 radical (unpaired) electrons. The normalized spacial score (nSPS) is 18.0. The van der Waals surface area contributed by atoms with E-state index >= 15 is 0 Å². The van der Waals surface area contributed by atoms with Crippen LogP contribution in [0.2, 0.25) is 0 Å². The van der Waals surface area contributed by atoms with E-state index in [1.54, 1.807) is 12.1 Å². The third-order valence-electron chi connectivity index (χ3n) is 3.85. The molecule has 1 aromatic rings. The fourth-order valence-electron chi connectivity index (χ4n) is 2.60. The summed E-state index contributed by atoms with van der Waals surface area (Å²) in [7, 11) is -3.39. The molecule has 0 amide bonds. The van der Waals surface area contributed by atoms with Crippen molar-refractivity contribution in [2.45, 2.75) is 24.7 Å². The van der Waals surface area contributed by atoms with Gasteiger partial charge in [0.25, 0.3) is 0 Å². The Hall–Kier alpha value is -0.950. The highest BCUT2D eigenvalue weighted by molar-refractivity contribution is 7.89. The van der Waals surface area contributed by atoms with Crippen LogP contribution in [0.25, 0.3) is 0 Å². The topological polar surface area (TPSA) is 60.9 Å². The Bertz CT molecular complexity index is 535. The number of benzene rings is 1. The van der Waals surface area contributed by atoms with Gasteiger partial charge in [0.2, 0.25) is 10.0 Å². The SMILES string of the molecule is CCCc1ccc(S(=O)(=O)N2CCN(CCO)CC2)cc1. The van der Waals surface area contributed by atoms with Crippen LogP contribution >= 0.6 is 0 Å². The Morgan fingerprint density at radius 3 is 2.24 bits per heavy atom. The second-order valence-electron chi connectivity index (χ2n) is 5.36. The summed E-state index contributed by atoms with van der Waals surface area (Å²) in [6, 6.07) is 7.22. The van der Waals surface area contributed by atoms with E-state index in [1.807, 2.05) is 12.1 Å². The Morgan fingerprint density at radius 2 is 1.71 bits per heavy atom. The molecule has 0 atom stereocenters. The Kier molecular flexibility index (Phi) is 5.75. The molecule has 118 valence electrons. The molecule has 0 aromatic heterocycles. The lowest BCUT2D eigenvalue weighted by atomic mass is 10.1. The average Bonchev–Trinajstić information content (AvgIpc) is 2.49. The molecule has 1 aliphatic rings. The number of aryl methyl sites for hydroxylation is 1. The highest BCUT2D eigenvalue weighted by Gasteiger charge is 2.28. The zero-order valence-electron chi connectivity index (χ0n) is 12.5. The van der Waals surface area contributed by atoms with E-state index in [9.17, 15) is 8.42 Å². The van der Waals surface area contributed by atoms with Crippen LogP contribution in [0.3, 0.4) is 0 Å². The first kappa shape index (κ1) is 16.4. The summed E-state index contributed by atoms with van der Waals surface area (Å²) in [6.45, 7) is 5.15. The van der Waals surface area contributed by atoms with Crippen molar-refractivity contribution in [1.82, 2.24) is 9.21 Å².